The molecule has 0 saturated carbocycles. The first kappa shape index (κ1) is 17.5. The first-order valence-corrected chi connectivity index (χ1v) is 10.4. The van der Waals surface area contributed by atoms with Gasteiger partial charge in [0.15, 0.2) is 5.43 Å². The lowest BCUT2D eigenvalue weighted by Crippen LogP contribution is -2.11. The summed E-state index contributed by atoms with van der Waals surface area (Å²) in [6.45, 7) is 0. The van der Waals surface area contributed by atoms with Crippen LogP contribution in [-0.2, 0) is 10.0 Å². The number of sulfonamides is 1. The molecule has 0 saturated heterocycles. The van der Waals surface area contributed by atoms with Crippen molar-refractivity contribution in [1.82, 2.24) is 4.98 Å². The van der Waals surface area contributed by atoms with E-state index in [-0.39, 0.29) is 10.3 Å². The minimum absolute atomic E-state index is 0.0266. The maximum atomic E-state index is 13.2. The molecule has 2 aromatic carbocycles. The summed E-state index contributed by atoms with van der Waals surface area (Å²) in [6.07, 6.45) is 1.64. The van der Waals surface area contributed by atoms with E-state index in [1.807, 2.05) is 24.3 Å². The highest BCUT2D eigenvalue weighted by Crippen LogP contribution is 2.36. The number of pyridine rings is 1. The van der Waals surface area contributed by atoms with Gasteiger partial charge < -0.3 is 0 Å². The van der Waals surface area contributed by atoms with E-state index in [2.05, 4.69) is 4.98 Å². The van der Waals surface area contributed by atoms with Gasteiger partial charge in [-0.2, -0.15) is 0 Å². The average Bonchev–Trinajstić information content (AvgIpc) is 2.68. The summed E-state index contributed by atoms with van der Waals surface area (Å²) < 4.78 is 23.9. The maximum Gasteiger partial charge on any atom is 0.238 e. The van der Waals surface area contributed by atoms with Gasteiger partial charge in [0.25, 0.3) is 0 Å². The second-order valence-corrected chi connectivity index (χ2v) is 8.53. The molecule has 0 aliphatic carbocycles. The number of nitrogens with zero attached hydrogens (tertiary/aromatic N) is 1. The Hall–Kier alpha value is -2.87. The fourth-order valence-electron chi connectivity index (χ4n) is 2.88. The molecule has 134 valence electrons. The highest BCUT2D eigenvalue weighted by atomic mass is 32.2. The largest absolute Gasteiger partial charge is 0.288 e. The van der Waals surface area contributed by atoms with E-state index in [0.717, 1.165) is 15.1 Å². The topological polar surface area (TPSA) is 90.1 Å². The third-order valence-corrected chi connectivity index (χ3v) is 6.31. The molecule has 4 aromatic rings. The fraction of sp³-hybridized carbons (Fsp3) is 0. The third-order valence-electron chi connectivity index (χ3n) is 4.16. The highest BCUT2D eigenvalue weighted by Gasteiger charge is 2.17. The summed E-state index contributed by atoms with van der Waals surface area (Å²) in [6, 6.07) is 19.0. The van der Waals surface area contributed by atoms with Crippen molar-refractivity contribution >= 4 is 31.4 Å². The normalized spacial score (nSPS) is 11.6. The Bertz CT molecular complexity index is 1300. The smallest absolute Gasteiger partial charge is 0.238 e. The lowest BCUT2D eigenvalue weighted by molar-refractivity contribution is 0.598. The number of primary sulfonamides is 1. The average molecular weight is 394 g/mol. The zero-order chi connectivity index (χ0) is 19.0. The molecule has 0 aliphatic rings. The van der Waals surface area contributed by atoms with Crippen LogP contribution in [0.3, 0.4) is 0 Å². The van der Waals surface area contributed by atoms with Crippen molar-refractivity contribution in [3.8, 4) is 21.7 Å². The molecule has 5 nitrogen and oxygen atoms in total. The summed E-state index contributed by atoms with van der Waals surface area (Å²) in [5.41, 5.74) is 1.71. The Labute approximate surface area is 159 Å². The van der Waals surface area contributed by atoms with Gasteiger partial charge >= 0.3 is 0 Å². The van der Waals surface area contributed by atoms with Gasteiger partial charge in [-0.15, -0.1) is 11.3 Å². The van der Waals surface area contributed by atoms with Gasteiger partial charge in [-0.25, -0.2) is 13.6 Å². The summed E-state index contributed by atoms with van der Waals surface area (Å²) in [4.78, 5) is 18.3. The second kappa shape index (κ2) is 6.70. The summed E-state index contributed by atoms with van der Waals surface area (Å²) in [7, 11) is -3.78. The number of aromatic nitrogens is 1. The molecule has 0 bridgehead atoms. The van der Waals surface area contributed by atoms with Crippen LogP contribution in [-0.4, -0.2) is 13.4 Å². The minimum atomic E-state index is -3.78. The number of rotatable bonds is 3. The lowest BCUT2D eigenvalue weighted by Gasteiger charge is -2.10. The highest BCUT2D eigenvalue weighted by molar-refractivity contribution is 7.89. The van der Waals surface area contributed by atoms with Crippen molar-refractivity contribution < 1.29 is 8.42 Å². The minimum Gasteiger partial charge on any atom is -0.288 e. The van der Waals surface area contributed by atoms with Crippen LogP contribution in [0.15, 0.2) is 82.6 Å². The monoisotopic (exact) mass is 394 g/mol. The molecule has 0 amide bonds. The standard InChI is InChI=1S/C20H14N2O3S2/c21-27(24,25)14-10-8-13(9-11-14)20-18(16-6-3-4-12-22-16)19(23)15-5-1-2-7-17(15)26-20/h1-12H,(H2,21,24,25). The van der Waals surface area contributed by atoms with E-state index < -0.39 is 10.0 Å². The fourth-order valence-corrected chi connectivity index (χ4v) is 4.59. The van der Waals surface area contributed by atoms with Gasteiger partial charge in [-0.1, -0.05) is 30.3 Å². The van der Waals surface area contributed by atoms with E-state index in [4.69, 9.17) is 5.14 Å². The van der Waals surface area contributed by atoms with Gasteiger partial charge in [0.1, 0.15) is 0 Å². The van der Waals surface area contributed by atoms with Crippen LogP contribution in [0.4, 0.5) is 0 Å². The van der Waals surface area contributed by atoms with Gasteiger partial charge in [0.05, 0.1) is 16.2 Å². The predicted octanol–water partition coefficient (Wildman–Crippen LogP) is 3.64. The maximum absolute atomic E-state index is 13.2. The second-order valence-electron chi connectivity index (χ2n) is 5.92. The van der Waals surface area contributed by atoms with E-state index in [9.17, 15) is 13.2 Å². The van der Waals surface area contributed by atoms with Crippen molar-refractivity contribution in [1.29, 1.82) is 0 Å². The SMILES string of the molecule is NS(=O)(=O)c1ccc(-c2sc3ccccc3c(=O)c2-c2ccccn2)cc1. The van der Waals surface area contributed by atoms with Gasteiger partial charge in [-0.3, -0.25) is 9.78 Å². The van der Waals surface area contributed by atoms with Crippen molar-refractivity contribution in [3.05, 3.63) is 83.2 Å². The lowest BCUT2D eigenvalue weighted by atomic mass is 10.0. The number of hydrogen-bond acceptors (Lipinski definition) is 5. The Kier molecular flexibility index (Phi) is 4.35. The van der Waals surface area contributed by atoms with Crippen LogP contribution in [0, 0.1) is 0 Å². The Balaban J connectivity index is 2.03. The Morgan fingerprint density at radius 2 is 1.59 bits per heavy atom. The third kappa shape index (κ3) is 3.28. The molecule has 0 fully saturated rings. The van der Waals surface area contributed by atoms with Gasteiger partial charge in [0.2, 0.25) is 10.0 Å². The molecular weight excluding hydrogens is 380 g/mol. The molecule has 2 aromatic heterocycles. The number of fused-ring (bicyclic) bond motifs is 1. The molecule has 4 rings (SSSR count). The molecule has 27 heavy (non-hydrogen) atoms. The van der Waals surface area contributed by atoms with Crippen LogP contribution >= 0.6 is 11.3 Å². The van der Waals surface area contributed by atoms with E-state index in [1.165, 1.54) is 23.5 Å². The quantitative estimate of drug-likeness (QED) is 0.574. The van der Waals surface area contributed by atoms with Crippen LogP contribution in [0.25, 0.3) is 31.8 Å². The summed E-state index contributed by atoms with van der Waals surface area (Å²) in [5, 5.41) is 5.81. The molecule has 2 N–H and O–H groups in total. The van der Waals surface area contributed by atoms with Gasteiger partial charge in [-0.05, 0) is 42.0 Å². The molecule has 2 heterocycles. The number of nitrogens with two attached hydrogens (primary N) is 1. The zero-order valence-electron chi connectivity index (χ0n) is 14.0. The van der Waals surface area contributed by atoms with E-state index >= 15 is 0 Å². The molecule has 0 aliphatic heterocycles. The first-order chi connectivity index (χ1) is 12.9. The van der Waals surface area contributed by atoms with Crippen molar-refractivity contribution in [3.63, 3.8) is 0 Å². The van der Waals surface area contributed by atoms with Gasteiger partial charge in [0, 0.05) is 21.2 Å². The summed E-state index contributed by atoms with van der Waals surface area (Å²) >= 11 is 1.47. The van der Waals surface area contributed by atoms with Crippen molar-refractivity contribution in [2.24, 2.45) is 5.14 Å². The Morgan fingerprint density at radius 1 is 0.889 bits per heavy atom. The van der Waals surface area contributed by atoms with E-state index in [1.54, 1.807) is 36.5 Å². The van der Waals surface area contributed by atoms with Crippen LogP contribution in [0.5, 0.6) is 0 Å². The zero-order valence-corrected chi connectivity index (χ0v) is 15.6. The van der Waals surface area contributed by atoms with Crippen LogP contribution in [0.1, 0.15) is 0 Å². The van der Waals surface area contributed by atoms with Crippen molar-refractivity contribution in [2.75, 3.05) is 0 Å². The Morgan fingerprint density at radius 3 is 2.26 bits per heavy atom. The number of hydrogen-bond donors (Lipinski definition) is 1. The first-order valence-electron chi connectivity index (χ1n) is 8.05. The molecule has 0 spiro atoms. The molecule has 0 atom stereocenters. The molecule has 0 radical (unpaired) electrons. The van der Waals surface area contributed by atoms with E-state index in [0.29, 0.717) is 16.6 Å². The van der Waals surface area contributed by atoms with Crippen LogP contribution < -0.4 is 10.6 Å². The molecule has 7 heteroatoms. The van der Waals surface area contributed by atoms with Crippen LogP contribution in [0.2, 0.25) is 0 Å². The molecule has 0 unspecified atom stereocenters. The number of benzene rings is 2. The predicted molar refractivity (Wildman–Crippen MR) is 108 cm³/mol. The summed E-state index contributed by atoms with van der Waals surface area (Å²) in [5.74, 6) is 0. The molecular formula is C20H14N2O3S2. The van der Waals surface area contributed by atoms with Crippen molar-refractivity contribution in [2.45, 2.75) is 4.90 Å².